The maximum Gasteiger partial charge on any atom is 0.258 e. The second-order valence-electron chi connectivity index (χ2n) is 9.57. The van der Waals surface area contributed by atoms with Crippen molar-refractivity contribution >= 4 is 23.2 Å². The number of anilines is 2. The van der Waals surface area contributed by atoms with Crippen molar-refractivity contribution in [2.75, 3.05) is 50.1 Å². The summed E-state index contributed by atoms with van der Waals surface area (Å²) < 4.78 is 10.8. The van der Waals surface area contributed by atoms with E-state index in [0.29, 0.717) is 35.9 Å². The molecule has 4 rings (SSSR count). The zero-order chi connectivity index (χ0) is 25.0. The van der Waals surface area contributed by atoms with Crippen molar-refractivity contribution in [2.24, 2.45) is 0 Å². The zero-order valence-corrected chi connectivity index (χ0v) is 20.6. The molecule has 1 saturated heterocycles. The van der Waals surface area contributed by atoms with Gasteiger partial charge in [0.1, 0.15) is 0 Å². The highest BCUT2D eigenvalue weighted by molar-refractivity contribution is 6.02. The Hall–Kier alpha value is -3.72. The summed E-state index contributed by atoms with van der Waals surface area (Å²) in [6.45, 7) is 8.99. The number of rotatable bonds is 6. The number of hydrogen-bond acceptors (Lipinski definition) is 7. The van der Waals surface area contributed by atoms with Crippen molar-refractivity contribution in [2.45, 2.75) is 26.2 Å². The van der Waals surface area contributed by atoms with Crippen LogP contribution < -0.4 is 10.2 Å². The summed E-state index contributed by atoms with van der Waals surface area (Å²) in [7, 11) is 1.59. The molecule has 0 bridgehead atoms. The minimum absolute atomic E-state index is 0.102. The summed E-state index contributed by atoms with van der Waals surface area (Å²) in [5.41, 5.74) is 2.41. The van der Waals surface area contributed by atoms with Crippen LogP contribution in [-0.2, 0) is 14.9 Å². The number of morpholine rings is 1. The van der Waals surface area contributed by atoms with Crippen LogP contribution in [0.4, 0.5) is 11.4 Å². The maximum absolute atomic E-state index is 13.2. The summed E-state index contributed by atoms with van der Waals surface area (Å²) in [5, 5.41) is 6.91. The van der Waals surface area contributed by atoms with Gasteiger partial charge in [-0.25, -0.2) is 0 Å². The van der Waals surface area contributed by atoms with Crippen LogP contribution in [0.3, 0.4) is 0 Å². The molecule has 1 fully saturated rings. The van der Waals surface area contributed by atoms with Gasteiger partial charge in [-0.3, -0.25) is 9.59 Å². The fourth-order valence-electron chi connectivity index (χ4n) is 3.76. The first-order valence-corrected chi connectivity index (χ1v) is 11.6. The average molecular weight is 478 g/mol. The first-order valence-electron chi connectivity index (χ1n) is 11.6. The molecule has 1 N–H and O–H groups in total. The summed E-state index contributed by atoms with van der Waals surface area (Å²) in [4.78, 5) is 33.9. The summed E-state index contributed by atoms with van der Waals surface area (Å²) in [6.07, 6.45) is 0. The molecule has 1 aromatic heterocycles. The molecule has 0 spiro atoms. The fourth-order valence-corrected chi connectivity index (χ4v) is 3.76. The van der Waals surface area contributed by atoms with Crippen molar-refractivity contribution in [1.82, 2.24) is 15.0 Å². The van der Waals surface area contributed by atoms with Gasteiger partial charge in [-0.2, -0.15) is 4.98 Å². The third kappa shape index (κ3) is 5.86. The molecule has 9 heteroatoms. The number of nitrogens with zero attached hydrogens (tertiary/aromatic N) is 4. The highest BCUT2D eigenvalue weighted by atomic mass is 16.5. The smallest absolute Gasteiger partial charge is 0.258 e. The molecule has 9 nitrogen and oxygen atoms in total. The molecular weight excluding hydrogens is 446 g/mol. The van der Waals surface area contributed by atoms with Crippen molar-refractivity contribution < 1.29 is 18.8 Å². The van der Waals surface area contributed by atoms with Gasteiger partial charge in [0.05, 0.1) is 30.9 Å². The predicted molar refractivity (Wildman–Crippen MR) is 133 cm³/mol. The Balaban J connectivity index is 1.40. The number of carbonyl (C=O) groups excluding carboxylic acids is 2. The molecule has 3 aromatic rings. The number of carbonyl (C=O) groups is 2. The van der Waals surface area contributed by atoms with E-state index in [0.717, 1.165) is 18.8 Å². The monoisotopic (exact) mass is 477 g/mol. The molecular formula is C26H31N5O4. The van der Waals surface area contributed by atoms with Gasteiger partial charge < -0.3 is 24.4 Å². The molecule has 0 saturated carbocycles. The highest BCUT2D eigenvalue weighted by Crippen LogP contribution is 2.27. The Morgan fingerprint density at radius 3 is 2.40 bits per heavy atom. The Labute approximate surface area is 205 Å². The van der Waals surface area contributed by atoms with Crippen LogP contribution in [0, 0.1) is 0 Å². The van der Waals surface area contributed by atoms with Gasteiger partial charge in [0.15, 0.2) is 5.82 Å². The van der Waals surface area contributed by atoms with Gasteiger partial charge in [0, 0.05) is 36.9 Å². The number of nitrogens with one attached hydrogen (secondary N) is 1. The summed E-state index contributed by atoms with van der Waals surface area (Å²) >= 11 is 0. The fraction of sp³-hybridized carbons (Fsp3) is 0.385. The number of ether oxygens (including phenoxy) is 1. The number of amides is 2. The Bertz CT molecular complexity index is 1180. The molecule has 0 atom stereocenters. The quantitative estimate of drug-likeness (QED) is 0.579. The van der Waals surface area contributed by atoms with Crippen molar-refractivity contribution in [3.8, 4) is 11.5 Å². The average Bonchev–Trinajstić information content (AvgIpc) is 3.35. The van der Waals surface area contributed by atoms with Crippen LogP contribution in [0.2, 0.25) is 0 Å². The highest BCUT2D eigenvalue weighted by Gasteiger charge is 2.25. The van der Waals surface area contributed by atoms with Gasteiger partial charge in [-0.05, 0) is 36.4 Å². The van der Waals surface area contributed by atoms with E-state index in [4.69, 9.17) is 9.26 Å². The second kappa shape index (κ2) is 10.3. The molecule has 1 aliphatic heterocycles. The third-order valence-corrected chi connectivity index (χ3v) is 5.74. The van der Waals surface area contributed by atoms with E-state index in [2.05, 4.69) is 20.4 Å². The van der Waals surface area contributed by atoms with Gasteiger partial charge in [-0.15, -0.1) is 0 Å². The molecule has 0 aliphatic carbocycles. The van der Waals surface area contributed by atoms with Gasteiger partial charge in [-0.1, -0.05) is 38.1 Å². The molecule has 0 radical (unpaired) electrons. The molecule has 1 aliphatic rings. The molecule has 0 unspecified atom stereocenters. The van der Waals surface area contributed by atoms with Crippen molar-refractivity contribution in [1.29, 1.82) is 0 Å². The number of likely N-dealkylation sites (N-methyl/N-ethyl adjacent to an activating group) is 1. The Kier molecular flexibility index (Phi) is 7.16. The Morgan fingerprint density at radius 1 is 1.06 bits per heavy atom. The number of benzene rings is 2. The van der Waals surface area contributed by atoms with Gasteiger partial charge >= 0.3 is 0 Å². The molecule has 2 aromatic carbocycles. The molecule has 2 amide bonds. The van der Waals surface area contributed by atoms with E-state index in [9.17, 15) is 9.59 Å². The lowest BCUT2D eigenvalue weighted by Gasteiger charge is -2.28. The van der Waals surface area contributed by atoms with Crippen LogP contribution in [0.1, 0.15) is 37.0 Å². The standard InChI is InChI=1S/C26H31N5O4/c1-26(2,3)25-28-23(35-29-25)20-7-5-6-8-21(20)24(33)30(4)17-22(32)27-18-9-11-19(12-10-18)31-13-15-34-16-14-31/h5-12H,13-17H2,1-4H3,(H,27,32). The van der Waals surface area contributed by atoms with E-state index in [1.807, 2.05) is 45.0 Å². The van der Waals surface area contributed by atoms with E-state index in [1.165, 1.54) is 4.90 Å². The minimum atomic E-state index is -0.311. The van der Waals surface area contributed by atoms with Crippen LogP contribution in [-0.4, -0.2) is 66.8 Å². The lowest BCUT2D eigenvalue weighted by Crippen LogP contribution is -2.36. The first-order chi connectivity index (χ1) is 16.7. The Morgan fingerprint density at radius 2 is 1.74 bits per heavy atom. The molecule has 35 heavy (non-hydrogen) atoms. The van der Waals surface area contributed by atoms with Crippen LogP contribution in [0.25, 0.3) is 11.5 Å². The molecule has 184 valence electrons. The van der Waals surface area contributed by atoms with Crippen LogP contribution in [0.15, 0.2) is 53.1 Å². The predicted octanol–water partition coefficient (Wildman–Crippen LogP) is 3.58. The van der Waals surface area contributed by atoms with E-state index in [-0.39, 0.29) is 29.7 Å². The normalized spacial score (nSPS) is 14.0. The zero-order valence-electron chi connectivity index (χ0n) is 20.6. The summed E-state index contributed by atoms with van der Waals surface area (Å²) in [6, 6.07) is 14.7. The van der Waals surface area contributed by atoms with Gasteiger partial charge in [0.25, 0.3) is 11.8 Å². The first kappa shape index (κ1) is 24.4. The lowest BCUT2D eigenvalue weighted by molar-refractivity contribution is -0.116. The van der Waals surface area contributed by atoms with Crippen LogP contribution in [0.5, 0.6) is 0 Å². The summed E-state index contributed by atoms with van der Waals surface area (Å²) in [5.74, 6) is 0.235. The van der Waals surface area contributed by atoms with E-state index < -0.39 is 0 Å². The topological polar surface area (TPSA) is 101 Å². The SMILES string of the molecule is CN(CC(=O)Nc1ccc(N2CCOCC2)cc1)C(=O)c1ccccc1-c1nc(C(C)(C)C)no1. The largest absolute Gasteiger partial charge is 0.378 e. The van der Waals surface area contributed by atoms with E-state index in [1.54, 1.807) is 31.3 Å². The minimum Gasteiger partial charge on any atom is -0.378 e. The van der Waals surface area contributed by atoms with E-state index >= 15 is 0 Å². The van der Waals surface area contributed by atoms with Crippen molar-refractivity contribution in [3.63, 3.8) is 0 Å². The molecule has 2 heterocycles. The number of aromatic nitrogens is 2. The lowest BCUT2D eigenvalue weighted by atomic mass is 9.96. The third-order valence-electron chi connectivity index (χ3n) is 5.74. The van der Waals surface area contributed by atoms with Crippen molar-refractivity contribution in [3.05, 3.63) is 59.9 Å². The second-order valence-corrected chi connectivity index (χ2v) is 9.57. The maximum atomic E-state index is 13.2. The van der Waals surface area contributed by atoms with Gasteiger partial charge in [0.2, 0.25) is 5.91 Å². The number of hydrogen-bond donors (Lipinski definition) is 1. The van der Waals surface area contributed by atoms with Crippen LogP contribution >= 0.6 is 0 Å².